The van der Waals surface area contributed by atoms with E-state index in [9.17, 15) is 31.5 Å². The van der Waals surface area contributed by atoms with Crippen LogP contribution >= 0.6 is 0 Å². The Kier molecular flexibility index (Phi) is 5.51. The van der Waals surface area contributed by atoms with E-state index >= 15 is 0 Å². The maximum Gasteiger partial charge on any atom is 0.405 e. The van der Waals surface area contributed by atoms with Gasteiger partial charge in [0.2, 0.25) is 10.0 Å². The van der Waals surface area contributed by atoms with E-state index in [1.165, 1.54) is 18.2 Å². The topological polar surface area (TPSA) is 86.7 Å². The predicted molar refractivity (Wildman–Crippen MR) is 78.8 cm³/mol. The molecule has 0 aromatic heterocycles. The van der Waals surface area contributed by atoms with Crippen molar-refractivity contribution in [2.75, 3.05) is 19.7 Å². The van der Waals surface area contributed by atoms with Gasteiger partial charge in [-0.25, -0.2) is 8.42 Å². The largest absolute Gasteiger partial charge is 0.405 e. The van der Waals surface area contributed by atoms with Gasteiger partial charge in [0.15, 0.2) is 0 Å². The number of amides is 1. The predicted octanol–water partition coefficient (Wildman–Crippen LogP) is 1.12. The molecule has 6 nitrogen and oxygen atoms in total. The summed E-state index contributed by atoms with van der Waals surface area (Å²) < 4.78 is 62.8. The number of sulfonamides is 1. The Balaban J connectivity index is 2.22. The lowest BCUT2D eigenvalue weighted by Gasteiger charge is -2.22. The average molecular weight is 366 g/mol. The molecule has 10 heteroatoms. The number of hydrogen-bond donors (Lipinski definition) is 2. The van der Waals surface area contributed by atoms with Gasteiger partial charge >= 0.3 is 6.18 Å². The first-order chi connectivity index (χ1) is 11.1. The van der Waals surface area contributed by atoms with E-state index in [2.05, 4.69) is 0 Å². The van der Waals surface area contributed by atoms with Crippen LogP contribution in [0.15, 0.2) is 29.2 Å². The molecule has 0 spiro atoms. The van der Waals surface area contributed by atoms with E-state index in [1.807, 2.05) is 0 Å². The van der Waals surface area contributed by atoms with Crippen LogP contribution < -0.4 is 5.32 Å². The van der Waals surface area contributed by atoms with Crippen molar-refractivity contribution in [1.29, 1.82) is 0 Å². The molecule has 1 unspecified atom stereocenters. The van der Waals surface area contributed by atoms with Gasteiger partial charge in [0, 0.05) is 18.2 Å². The fraction of sp³-hybridized carbons (Fsp3) is 0.500. The van der Waals surface area contributed by atoms with Gasteiger partial charge in [-0.3, -0.25) is 4.79 Å². The molecule has 0 aliphatic carbocycles. The first-order valence-corrected chi connectivity index (χ1v) is 8.67. The lowest BCUT2D eigenvalue weighted by Crippen LogP contribution is -2.37. The van der Waals surface area contributed by atoms with Crippen LogP contribution in [-0.2, 0) is 10.0 Å². The molecule has 1 heterocycles. The second-order valence-electron chi connectivity index (χ2n) is 5.42. The molecule has 1 aliphatic rings. The summed E-state index contributed by atoms with van der Waals surface area (Å²) in [5.74, 6) is -1.01. The van der Waals surface area contributed by atoms with E-state index in [0.717, 1.165) is 10.4 Å². The van der Waals surface area contributed by atoms with Gasteiger partial charge in [0.25, 0.3) is 5.91 Å². The summed E-state index contributed by atoms with van der Waals surface area (Å²) >= 11 is 0. The molecule has 1 aromatic rings. The molecule has 1 amide bonds. The van der Waals surface area contributed by atoms with Crippen LogP contribution in [0.5, 0.6) is 0 Å². The number of nitrogens with zero attached hydrogens (tertiary/aromatic N) is 1. The molecular formula is C14H17F3N2O4S. The molecule has 1 fully saturated rings. The number of nitrogens with one attached hydrogen (secondary N) is 1. The Morgan fingerprint density at radius 3 is 2.71 bits per heavy atom. The van der Waals surface area contributed by atoms with E-state index < -0.39 is 34.7 Å². The highest BCUT2D eigenvalue weighted by molar-refractivity contribution is 7.89. The number of hydrogen-bond acceptors (Lipinski definition) is 4. The van der Waals surface area contributed by atoms with Crippen molar-refractivity contribution in [2.45, 2.75) is 30.0 Å². The lowest BCUT2D eigenvalue weighted by molar-refractivity contribution is -0.123. The molecule has 2 N–H and O–H groups in total. The van der Waals surface area contributed by atoms with Crippen LogP contribution in [0.2, 0.25) is 0 Å². The van der Waals surface area contributed by atoms with E-state index in [-0.39, 0.29) is 23.6 Å². The fourth-order valence-corrected chi connectivity index (χ4v) is 4.26. The number of halogens is 3. The normalized spacial score (nSPS) is 19.4. The summed E-state index contributed by atoms with van der Waals surface area (Å²) in [7, 11) is -3.93. The van der Waals surface area contributed by atoms with Crippen molar-refractivity contribution in [3.63, 3.8) is 0 Å². The van der Waals surface area contributed by atoms with Crippen molar-refractivity contribution in [3.8, 4) is 0 Å². The number of carbonyl (C=O) groups excluding carboxylic acids is 1. The zero-order chi connectivity index (χ0) is 18.0. The molecule has 0 bridgehead atoms. The standard InChI is InChI=1S/C14H17F3N2O4S/c15-14(16,17)9-18-13(21)10-3-1-5-12(7-10)24(22,23)19-6-2-4-11(19)8-20/h1,3,5,7,11,20H,2,4,6,8-9H2,(H,18,21). The number of carbonyl (C=O) groups is 1. The molecule has 1 aliphatic heterocycles. The fourth-order valence-electron chi connectivity index (χ4n) is 2.52. The van der Waals surface area contributed by atoms with Gasteiger partial charge in [0.1, 0.15) is 6.54 Å². The van der Waals surface area contributed by atoms with Crippen molar-refractivity contribution in [1.82, 2.24) is 9.62 Å². The van der Waals surface area contributed by atoms with Crippen molar-refractivity contribution >= 4 is 15.9 Å². The van der Waals surface area contributed by atoms with Crippen LogP contribution in [0, 0.1) is 0 Å². The van der Waals surface area contributed by atoms with Crippen LogP contribution in [0.25, 0.3) is 0 Å². The zero-order valence-electron chi connectivity index (χ0n) is 12.6. The van der Waals surface area contributed by atoms with Crippen LogP contribution in [0.4, 0.5) is 13.2 Å². The van der Waals surface area contributed by atoms with Gasteiger partial charge < -0.3 is 10.4 Å². The Labute approximate surface area is 137 Å². The Morgan fingerprint density at radius 2 is 2.08 bits per heavy atom. The molecule has 134 valence electrons. The lowest BCUT2D eigenvalue weighted by atomic mass is 10.2. The molecule has 1 atom stereocenters. The molecule has 2 rings (SSSR count). The average Bonchev–Trinajstić information content (AvgIpc) is 3.01. The summed E-state index contributed by atoms with van der Waals surface area (Å²) in [5, 5.41) is 11.0. The van der Waals surface area contributed by atoms with Crippen molar-refractivity contribution in [2.24, 2.45) is 0 Å². The van der Waals surface area contributed by atoms with Crippen molar-refractivity contribution < 1.29 is 31.5 Å². The van der Waals surface area contributed by atoms with E-state index in [0.29, 0.717) is 12.8 Å². The zero-order valence-corrected chi connectivity index (χ0v) is 13.4. The first-order valence-electron chi connectivity index (χ1n) is 7.23. The summed E-state index contributed by atoms with van der Waals surface area (Å²) in [5.41, 5.74) is -0.180. The van der Waals surface area contributed by atoms with Gasteiger partial charge in [-0.2, -0.15) is 17.5 Å². The third-order valence-corrected chi connectivity index (χ3v) is 5.63. The van der Waals surface area contributed by atoms with Crippen molar-refractivity contribution in [3.05, 3.63) is 29.8 Å². The van der Waals surface area contributed by atoms with Crippen LogP contribution in [0.3, 0.4) is 0 Å². The summed E-state index contributed by atoms with van der Waals surface area (Å²) in [6, 6.07) is 4.30. The Morgan fingerprint density at radius 1 is 1.38 bits per heavy atom. The molecule has 0 saturated carbocycles. The number of alkyl halides is 3. The smallest absolute Gasteiger partial charge is 0.395 e. The molecule has 1 saturated heterocycles. The Bertz CT molecular complexity index is 706. The molecule has 1 aromatic carbocycles. The summed E-state index contributed by atoms with van der Waals surface area (Å²) in [4.78, 5) is 11.6. The van der Waals surface area contributed by atoms with Crippen LogP contribution in [-0.4, -0.2) is 55.7 Å². The Hall–Kier alpha value is -1.65. The second kappa shape index (κ2) is 7.08. The molecule has 0 radical (unpaired) electrons. The number of rotatable bonds is 5. The number of aliphatic hydroxyl groups excluding tert-OH is 1. The molecule has 24 heavy (non-hydrogen) atoms. The van der Waals surface area contributed by atoms with Crippen LogP contribution in [0.1, 0.15) is 23.2 Å². The van der Waals surface area contributed by atoms with Gasteiger partial charge in [-0.15, -0.1) is 0 Å². The van der Waals surface area contributed by atoms with Gasteiger partial charge in [0.05, 0.1) is 11.5 Å². The summed E-state index contributed by atoms with van der Waals surface area (Å²) in [6.07, 6.45) is -3.42. The number of aliphatic hydroxyl groups is 1. The monoisotopic (exact) mass is 366 g/mol. The maximum atomic E-state index is 12.6. The first kappa shape index (κ1) is 18.7. The quantitative estimate of drug-likeness (QED) is 0.818. The third kappa shape index (κ3) is 4.25. The van der Waals surface area contributed by atoms with Gasteiger partial charge in [-0.1, -0.05) is 6.07 Å². The highest BCUT2D eigenvalue weighted by atomic mass is 32.2. The highest BCUT2D eigenvalue weighted by Gasteiger charge is 2.35. The highest BCUT2D eigenvalue weighted by Crippen LogP contribution is 2.26. The SMILES string of the molecule is O=C(NCC(F)(F)F)c1cccc(S(=O)(=O)N2CCCC2CO)c1. The minimum absolute atomic E-state index is 0.180. The minimum Gasteiger partial charge on any atom is -0.395 e. The molecular weight excluding hydrogens is 349 g/mol. The van der Waals surface area contributed by atoms with E-state index in [4.69, 9.17) is 0 Å². The maximum absolute atomic E-state index is 12.6. The number of benzene rings is 1. The van der Waals surface area contributed by atoms with Gasteiger partial charge in [-0.05, 0) is 31.0 Å². The third-order valence-electron chi connectivity index (χ3n) is 3.69. The van der Waals surface area contributed by atoms with E-state index in [1.54, 1.807) is 5.32 Å². The second-order valence-corrected chi connectivity index (χ2v) is 7.31. The summed E-state index contributed by atoms with van der Waals surface area (Å²) in [6.45, 7) is -1.56. The minimum atomic E-state index is -4.55.